The lowest BCUT2D eigenvalue weighted by Gasteiger charge is -2.03. The van der Waals surface area contributed by atoms with E-state index in [1.165, 1.54) is 12.3 Å². The van der Waals surface area contributed by atoms with E-state index in [2.05, 4.69) is 9.97 Å². The summed E-state index contributed by atoms with van der Waals surface area (Å²) in [4.78, 5) is 8.91. The van der Waals surface area contributed by atoms with Gasteiger partial charge < -0.3 is 5.73 Å². The molecule has 5 heteroatoms. The predicted molar refractivity (Wildman–Crippen MR) is 80.3 cm³/mol. The van der Waals surface area contributed by atoms with Crippen molar-refractivity contribution in [1.82, 2.24) is 14.4 Å². The fourth-order valence-electron chi connectivity index (χ4n) is 2.53. The standard InChI is InChI=1S/C16H11FN4/c17-11-6-7-13-20-15(16(18)21(13)9-11)12-5-1-3-10-4-2-8-19-14(10)12/h1-9H,18H2. The Kier molecular flexibility index (Phi) is 2.41. The van der Waals surface area contributed by atoms with Gasteiger partial charge in [0.2, 0.25) is 0 Å². The van der Waals surface area contributed by atoms with Gasteiger partial charge in [-0.2, -0.15) is 0 Å². The zero-order chi connectivity index (χ0) is 14.4. The summed E-state index contributed by atoms with van der Waals surface area (Å²) in [6.45, 7) is 0. The number of hydrogen-bond donors (Lipinski definition) is 1. The Labute approximate surface area is 119 Å². The third-order valence-corrected chi connectivity index (χ3v) is 3.51. The van der Waals surface area contributed by atoms with Crippen LogP contribution in [0.2, 0.25) is 0 Å². The highest BCUT2D eigenvalue weighted by molar-refractivity contribution is 5.95. The topological polar surface area (TPSA) is 56.2 Å². The molecule has 4 rings (SSSR count). The van der Waals surface area contributed by atoms with Gasteiger partial charge in [0.05, 0.1) is 5.52 Å². The molecule has 0 radical (unpaired) electrons. The highest BCUT2D eigenvalue weighted by Gasteiger charge is 2.14. The number of para-hydroxylation sites is 1. The molecule has 0 aliphatic rings. The van der Waals surface area contributed by atoms with E-state index >= 15 is 0 Å². The molecular formula is C16H11FN4. The Hall–Kier alpha value is -2.95. The van der Waals surface area contributed by atoms with Gasteiger partial charge in [-0.25, -0.2) is 9.37 Å². The van der Waals surface area contributed by atoms with Crippen LogP contribution in [0.4, 0.5) is 10.2 Å². The van der Waals surface area contributed by atoms with Gasteiger partial charge in [0, 0.05) is 23.3 Å². The molecule has 0 aliphatic carbocycles. The van der Waals surface area contributed by atoms with E-state index in [1.807, 2.05) is 30.3 Å². The average molecular weight is 278 g/mol. The molecule has 4 aromatic rings. The first-order chi connectivity index (χ1) is 10.2. The number of fused-ring (bicyclic) bond motifs is 2. The first kappa shape index (κ1) is 11.8. The SMILES string of the molecule is Nc1c(-c2cccc3cccnc23)nc2ccc(F)cn12. The lowest BCUT2D eigenvalue weighted by Crippen LogP contribution is -1.95. The highest BCUT2D eigenvalue weighted by Crippen LogP contribution is 2.31. The van der Waals surface area contributed by atoms with Crippen molar-refractivity contribution < 1.29 is 4.39 Å². The maximum atomic E-state index is 13.4. The molecule has 4 nitrogen and oxygen atoms in total. The number of hydrogen-bond acceptors (Lipinski definition) is 3. The third-order valence-electron chi connectivity index (χ3n) is 3.51. The molecule has 0 atom stereocenters. The summed E-state index contributed by atoms with van der Waals surface area (Å²) in [7, 11) is 0. The lowest BCUT2D eigenvalue weighted by molar-refractivity contribution is 0.619. The molecule has 0 unspecified atom stereocenters. The van der Waals surface area contributed by atoms with Crippen LogP contribution in [0.5, 0.6) is 0 Å². The summed E-state index contributed by atoms with van der Waals surface area (Å²) in [6, 6.07) is 12.7. The monoisotopic (exact) mass is 278 g/mol. The zero-order valence-electron chi connectivity index (χ0n) is 11.0. The number of pyridine rings is 2. The molecule has 0 saturated heterocycles. The number of benzene rings is 1. The quantitative estimate of drug-likeness (QED) is 0.581. The Bertz CT molecular complexity index is 969. The molecule has 0 fully saturated rings. The van der Waals surface area contributed by atoms with E-state index in [9.17, 15) is 4.39 Å². The minimum Gasteiger partial charge on any atom is -0.383 e. The van der Waals surface area contributed by atoms with Crippen LogP contribution in [0.25, 0.3) is 27.8 Å². The van der Waals surface area contributed by atoms with Gasteiger partial charge in [0.15, 0.2) is 0 Å². The maximum absolute atomic E-state index is 13.4. The van der Waals surface area contributed by atoms with Crippen molar-refractivity contribution in [1.29, 1.82) is 0 Å². The van der Waals surface area contributed by atoms with Gasteiger partial charge in [-0.1, -0.05) is 24.3 Å². The number of halogens is 1. The minimum absolute atomic E-state index is 0.353. The normalized spacial score (nSPS) is 11.3. The van der Waals surface area contributed by atoms with Crippen molar-refractivity contribution in [2.24, 2.45) is 0 Å². The highest BCUT2D eigenvalue weighted by atomic mass is 19.1. The third kappa shape index (κ3) is 1.74. The molecule has 2 N–H and O–H groups in total. The molecule has 0 spiro atoms. The molecule has 0 bridgehead atoms. The van der Waals surface area contributed by atoms with Crippen LogP contribution in [0, 0.1) is 5.82 Å². The second-order valence-electron chi connectivity index (χ2n) is 4.80. The van der Waals surface area contributed by atoms with Gasteiger partial charge in [0.1, 0.15) is 23.0 Å². The first-order valence-corrected chi connectivity index (χ1v) is 6.51. The fourth-order valence-corrected chi connectivity index (χ4v) is 2.53. The van der Waals surface area contributed by atoms with E-state index in [0.717, 1.165) is 16.5 Å². The van der Waals surface area contributed by atoms with E-state index < -0.39 is 0 Å². The van der Waals surface area contributed by atoms with Gasteiger partial charge in [-0.05, 0) is 18.2 Å². The summed E-state index contributed by atoms with van der Waals surface area (Å²) in [6.07, 6.45) is 3.07. The summed E-state index contributed by atoms with van der Waals surface area (Å²) in [5.74, 6) is 0.0526. The van der Waals surface area contributed by atoms with Crippen LogP contribution in [0.3, 0.4) is 0 Å². The largest absolute Gasteiger partial charge is 0.383 e. The van der Waals surface area contributed by atoms with Crippen molar-refractivity contribution in [3.63, 3.8) is 0 Å². The van der Waals surface area contributed by atoms with E-state index in [1.54, 1.807) is 16.7 Å². The summed E-state index contributed by atoms with van der Waals surface area (Å²) < 4.78 is 14.9. The van der Waals surface area contributed by atoms with Crippen molar-refractivity contribution in [2.75, 3.05) is 5.73 Å². The molecule has 0 amide bonds. The molecule has 0 aliphatic heterocycles. The fraction of sp³-hybridized carbons (Fsp3) is 0. The number of imidazole rings is 1. The maximum Gasteiger partial charge on any atom is 0.140 e. The van der Waals surface area contributed by atoms with Crippen LogP contribution in [-0.2, 0) is 0 Å². The average Bonchev–Trinajstić information content (AvgIpc) is 2.83. The molecule has 0 saturated carbocycles. The summed E-state index contributed by atoms with van der Waals surface area (Å²) in [5, 5.41) is 1.01. The first-order valence-electron chi connectivity index (χ1n) is 6.51. The van der Waals surface area contributed by atoms with E-state index in [4.69, 9.17) is 5.73 Å². The van der Waals surface area contributed by atoms with Crippen molar-refractivity contribution in [3.05, 3.63) is 60.7 Å². The van der Waals surface area contributed by atoms with Crippen LogP contribution in [-0.4, -0.2) is 14.4 Å². The number of anilines is 1. The number of nitrogen functional groups attached to an aromatic ring is 1. The molecule has 102 valence electrons. The van der Waals surface area contributed by atoms with Crippen molar-refractivity contribution in [3.8, 4) is 11.3 Å². The number of nitrogens with two attached hydrogens (primary N) is 1. The molecule has 21 heavy (non-hydrogen) atoms. The van der Waals surface area contributed by atoms with Gasteiger partial charge in [-0.15, -0.1) is 0 Å². The van der Waals surface area contributed by atoms with Crippen molar-refractivity contribution >= 4 is 22.4 Å². The molecule has 1 aromatic carbocycles. The lowest BCUT2D eigenvalue weighted by atomic mass is 10.1. The molecule has 3 aromatic heterocycles. The minimum atomic E-state index is -0.353. The van der Waals surface area contributed by atoms with Gasteiger partial charge in [-0.3, -0.25) is 9.38 Å². The van der Waals surface area contributed by atoms with Crippen LogP contribution < -0.4 is 5.73 Å². The van der Waals surface area contributed by atoms with Gasteiger partial charge in [0.25, 0.3) is 0 Å². The Morgan fingerprint density at radius 2 is 1.90 bits per heavy atom. The van der Waals surface area contributed by atoms with Crippen molar-refractivity contribution in [2.45, 2.75) is 0 Å². The molecule has 3 heterocycles. The van der Waals surface area contributed by atoms with E-state index in [0.29, 0.717) is 17.2 Å². The van der Waals surface area contributed by atoms with E-state index in [-0.39, 0.29) is 5.82 Å². The summed E-state index contributed by atoms with van der Waals surface area (Å²) in [5.41, 5.74) is 9.03. The second kappa shape index (κ2) is 4.28. The Morgan fingerprint density at radius 3 is 2.81 bits per heavy atom. The zero-order valence-corrected chi connectivity index (χ0v) is 11.0. The van der Waals surface area contributed by atoms with Gasteiger partial charge >= 0.3 is 0 Å². The Morgan fingerprint density at radius 1 is 1.05 bits per heavy atom. The predicted octanol–water partition coefficient (Wildman–Crippen LogP) is 3.27. The number of nitrogens with zero attached hydrogens (tertiary/aromatic N) is 3. The number of rotatable bonds is 1. The summed E-state index contributed by atoms with van der Waals surface area (Å²) >= 11 is 0. The Balaban J connectivity index is 2.07. The second-order valence-corrected chi connectivity index (χ2v) is 4.80. The van der Waals surface area contributed by atoms with Crippen LogP contribution >= 0.6 is 0 Å². The van der Waals surface area contributed by atoms with Crippen LogP contribution in [0.15, 0.2) is 54.9 Å². The smallest absolute Gasteiger partial charge is 0.140 e. The van der Waals surface area contributed by atoms with Crippen LogP contribution in [0.1, 0.15) is 0 Å². The number of aromatic nitrogens is 3. The molecular weight excluding hydrogens is 267 g/mol.